The van der Waals surface area contributed by atoms with Gasteiger partial charge in [0.25, 0.3) is 0 Å². The monoisotopic (exact) mass is 324 g/mol. The molecule has 0 N–H and O–H groups in total. The molecule has 20 heavy (non-hydrogen) atoms. The summed E-state index contributed by atoms with van der Waals surface area (Å²) in [5, 5.41) is 0. The molecule has 2 rings (SSSR count). The van der Waals surface area contributed by atoms with Crippen molar-refractivity contribution >= 4 is 27.1 Å². The van der Waals surface area contributed by atoms with Gasteiger partial charge in [0.2, 0.25) is 0 Å². The molecule has 0 heterocycles. The van der Waals surface area contributed by atoms with Crippen molar-refractivity contribution in [2.45, 2.75) is 6.92 Å². The summed E-state index contributed by atoms with van der Waals surface area (Å²) in [5.74, 6) is 0. The summed E-state index contributed by atoms with van der Waals surface area (Å²) in [6, 6.07) is 20.6. The van der Waals surface area contributed by atoms with Crippen molar-refractivity contribution in [1.82, 2.24) is 0 Å². The number of hydrogen-bond donors (Lipinski definition) is 0. The summed E-state index contributed by atoms with van der Waals surface area (Å²) >= 11 is 3.51. The fraction of sp³-hybridized carbons (Fsp3) is 0.0526. The molecule has 0 atom stereocenters. The topological polar surface area (TPSA) is 0 Å². The maximum absolute atomic E-state index is 4.18. The van der Waals surface area contributed by atoms with E-state index in [9.17, 15) is 0 Å². The quantitative estimate of drug-likeness (QED) is 0.597. The van der Waals surface area contributed by atoms with Gasteiger partial charge in [-0.15, -0.1) is 0 Å². The number of halogens is 1. The third kappa shape index (κ3) is 4.07. The number of allylic oxidation sites excluding steroid dienone is 5. The Hall–Kier alpha value is -1.86. The van der Waals surface area contributed by atoms with Gasteiger partial charge in [0.1, 0.15) is 0 Å². The van der Waals surface area contributed by atoms with Gasteiger partial charge in [0.05, 0.1) is 0 Å². The highest BCUT2D eigenvalue weighted by atomic mass is 79.9. The average molecular weight is 325 g/mol. The van der Waals surface area contributed by atoms with Crippen LogP contribution in [0.4, 0.5) is 0 Å². The predicted molar refractivity (Wildman–Crippen MR) is 92.6 cm³/mol. The summed E-state index contributed by atoms with van der Waals surface area (Å²) in [5.41, 5.74) is 4.48. The summed E-state index contributed by atoms with van der Waals surface area (Å²) < 4.78 is 1.09. The van der Waals surface area contributed by atoms with Crippen molar-refractivity contribution in [1.29, 1.82) is 0 Å². The van der Waals surface area contributed by atoms with E-state index < -0.39 is 0 Å². The van der Waals surface area contributed by atoms with Crippen molar-refractivity contribution in [2.24, 2.45) is 0 Å². The van der Waals surface area contributed by atoms with E-state index in [-0.39, 0.29) is 0 Å². The Morgan fingerprint density at radius 2 is 1.35 bits per heavy atom. The van der Waals surface area contributed by atoms with E-state index in [1.165, 1.54) is 5.56 Å². The lowest BCUT2D eigenvalue weighted by atomic mass is 9.99. The molecule has 0 saturated carbocycles. The third-order valence-electron chi connectivity index (χ3n) is 2.94. The molecule has 0 radical (unpaired) electrons. The zero-order chi connectivity index (χ0) is 14.4. The second-order valence-electron chi connectivity index (χ2n) is 4.59. The van der Waals surface area contributed by atoms with E-state index in [0.717, 1.165) is 21.2 Å². The average Bonchev–Trinajstić information content (AvgIpc) is 2.48. The first-order valence-corrected chi connectivity index (χ1v) is 7.31. The van der Waals surface area contributed by atoms with Crippen LogP contribution in [0.3, 0.4) is 0 Å². The Bertz CT molecular complexity index is 630. The maximum atomic E-state index is 4.18. The normalized spacial score (nSPS) is 12.3. The minimum Gasteiger partial charge on any atom is -0.0911 e. The molecule has 0 aliphatic carbocycles. The molecule has 0 unspecified atom stereocenters. The number of benzene rings is 2. The molecule has 0 aromatic heterocycles. The highest BCUT2D eigenvalue weighted by Crippen LogP contribution is 2.24. The van der Waals surface area contributed by atoms with Gasteiger partial charge in [-0.05, 0) is 45.8 Å². The van der Waals surface area contributed by atoms with E-state index in [1.807, 2.05) is 43.3 Å². The largest absolute Gasteiger partial charge is 0.0911 e. The van der Waals surface area contributed by atoms with Gasteiger partial charge in [0.15, 0.2) is 0 Å². The highest BCUT2D eigenvalue weighted by Gasteiger charge is 2.01. The Balaban J connectivity index is 2.40. The van der Waals surface area contributed by atoms with Crippen LogP contribution in [-0.2, 0) is 0 Å². The molecule has 1 heteroatoms. The van der Waals surface area contributed by atoms with Gasteiger partial charge >= 0.3 is 0 Å². The van der Waals surface area contributed by atoms with E-state index in [1.54, 1.807) is 0 Å². The minimum atomic E-state index is 1.01. The molecule has 0 amide bonds. The van der Waals surface area contributed by atoms with Gasteiger partial charge in [-0.2, -0.15) is 0 Å². The van der Waals surface area contributed by atoms with Gasteiger partial charge in [-0.3, -0.25) is 0 Å². The van der Waals surface area contributed by atoms with Gasteiger partial charge in [-0.25, -0.2) is 0 Å². The van der Waals surface area contributed by atoms with Crippen LogP contribution in [0.2, 0.25) is 0 Å². The Kier molecular flexibility index (Phi) is 5.14. The van der Waals surface area contributed by atoms with Gasteiger partial charge in [0, 0.05) is 0 Å². The summed E-state index contributed by atoms with van der Waals surface area (Å²) in [4.78, 5) is 0. The van der Waals surface area contributed by atoms with E-state index >= 15 is 0 Å². The SMILES string of the molecule is C=C(/C=C(\C=C(/C)Br)c1ccccc1)c1ccccc1. The molecule has 2 aromatic rings. The summed E-state index contributed by atoms with van der Waals surface area (Å²) in [6.07, 6.45) is 4.23. The molecule has 100 valence electrons. The first kappa shape index (κ1) is 14.5. The fourth-order valence-electron chi connectivity index (χ4n) is 1.98. The second kappa shape index (κ2) is 7.06. The van der Waals surface area contributed by atoms with Crippen molar-refractivity contribution in [3.63, 3.8) is 0 Å². The minimum absolute atomic E-state index is 1.01. The van der Waals surface area contributed by atoms with Crippen LogP contribution in [-0.4, -0.2) is 0 Å². The lowest BCUT2D eigenvalue weighted by Gasteiger charge is -2.06. The molecular weight excluding hydrogens is 308 g/mol. The lowest BCUT2D eigenvalue weighted by Crippen LogP contribution is -1.84. The first-order valence-electron chi connectivity index (χ1n) is 6.52. The van der Waals surface area contributed by atoms with E-state index in [0.29, 0.717) is 0 Å². The second-order valence-corrected chi connectivity index (χ2v) is 5.84. The molecule has 0 aliphatic rings. The van der Waals surface area contributed by atoms with Crippen molar-refractivity contribution in [2.75, 3.05) is 0 Å². The van der Waals surface area contributed by atoms with Gasteiger partial charge < -0.3 is 0 Å². The van der Waals surface area contributed by atoms with Crippen molar-refractivity contribution < 1.29 is 0 Å². The van der Waals surface area contributed by atoms with E-state index in [2.05, 4.69) is 58.9 Å². The van der Waals surface area contributed by atoms with E-state index in [4.69, 9.17) is 0 Å². The molecule has 0 saturated heterocycles. The molecule has 0 spiro atoms. The van der Waals surface area contributed by atoms with Crippen molar-refractivity contribution in [3.8, 4) is 0 Å². The Labute approximate surface area is 129 Å². The molecule has 2 aromatic carbocycles. The van der Waals surface area contributed by atoms with Crippen LogP contribution in [0.5, 0.6) is 0 Å². The number of rotatable bonds is 4. The maximum Gasteiger partial charge on any atom is -0.00742 e. The number of hydrogen-bond acceptors (Lipinski definition) is 0. The molecule has 0 bridgehead atoms. The van der Waals surface area contributed by atoms with Crippen LogP contribution >= 0.6 is 15.9 Å². The fourth-order valence-corrected chi connectivity index (χ4v) is 2.22. The van der Waals surface area contributed by atoms with Gasteiger partial charge in [-0.1, -0.05) is 83.2 Å². The Morgan fingerprint density at radius 3 is 1.85 bits per heavy atom. The smallest absolute Gasteiger partial charge is 0.00742 e. The molecule has 0 aliphatic heterocycles. The molecule has 0 fully saturated rings. The third-order valence-corrected chi connectivity index (χ3v) is 3.16. The Morgan fingerprint density at radius 1 is 0.850 bits per heavy atom. The first-order chi connectivity index (χ1) is 9.66. The van der Waals surface area contributed by atoms with Crippen LogP contribution in [0.15, 0.2) is 83.9 Å². The summed E-state index contributed by atoms with van der Waals surface area (Å²) in [7, 11) is 0. The molecular formula is C19H17Br. The zero-order valence-electron chi connectivity index (χ0n) is 11.5. The van der Waals surface area contributed by atoms with Crippen LogP contribution in [0.25, 0.3) is 11.1 Å². The molecule has 0 nitrogen and oxygen atoms in total. The van der Waals surface area contributed by atoms with Crippen molar-refractivity contribution in [3.05, 3.63) is 95.0 Å². The highest BCUT2D eigenvalue weighted by molar-refractivity contribution is 9.11. The van der Waals surface area contributed by atoms with Crippen LogP contribution < -0.4 is 0 Å². The zero-order valence-corrected chi connectivity index (χ0v) is 13.1. The predicted octanol–water partition coefficient (Wildman–Crippen LogP) is 6.08. The summed E-state index contributed by atoms with van der Waals surface area (Å²) in [6.45, 7) is 6.21. The standard InChI is InChI=1S/C19H17Br/c1-15(17-9-5-3-6-10-17)13-19(14-16(2)20)18-11-7-4-8-12-18/h3-14H,1H2,2H3/b16-14+,19-13+. The van der Waals surface area contributed by atoms with Crippen LogP contribution in [0.1, 0.15) is 18.1 Å². The van der Waals surface area contributed by atoms with Crippen LogP contribution in [0, 0.1) is 0 Å². The lowest BCUT2D eigenvalue weighted by molar-refractivity contribution is 1.59.